The first kappa shape index (κ1) is 26.3. The van der Waals surface area contributed by atoms with Crippen molar-refractivity contribution in [3.8, 4) is 0 Å². The minimum atomic E-state index is -0.783. The van der Waals surface area contributed by atoms with Gasteiger partial charge in [0.25, 0.3) is 16.8 Å². The third-order valence-corrected chi connectivity index (χ3v) is 6.91. The average molecular weight is 536 g/mol. The molecule has 4 aromatic rings. The van der Waals surface area contributed by atoms with Crippen molar-refractivity contribution in [3.05, 3.63) is 103 Å². The maximum atomic E-state index is 14.9. The lowest BCUT2D eigenvalue weighted by Crippen LogP contribution is -2.39. The number of aliphatic hydroxyl groups is 1. The van der Waals surface area contributed by atoms with E-state index in [4.69, 9.17) is 4.42 Å². The Morgan fingerprint density at radius 2 is 1.74 bits per heavy atom. The third kappa shape index (κ3) is 4.50. The Kier molecular flexibility index (Phi) is 6.38. The van der Waals surface area contributed by atoms with Crippen LogP contribution in [0.1, 0.15) is 59.8 Å². The molecule has 1 aliphatic heterocycles. The molecule has 0 saturated heterocycles. The number of amides is 1. The Morgan fingerprint density at radius 3 is 2.38 bits per heavy atom. The first-order chi connectivity index (χ1) is 18.4. The van der Waals surface area contributed by atoms with Gasteiger partial charge >= 0.3 is 0 Å². The van der Waals surface area contributed by atoms with Crippen LogP contribution in [0.3, 0.4) is 0 Å². The highest BCUT2D eigenvalue weighted by Crippen LogP contribution is 2.40. The van der Waals surface area contributed by atoms with Crippen LogP contribution in [0.25, 0.3) is 0 Å². The van der Waals surface area contributed by atoms with Crippen molar-refractivity contribution in [2.45, 2.75) is 46.9 Å². The minimum Gasteiger partial charge on any atom is -0.464 e. The van der Waals surface area contributed by atoms with Crippen LogP contribution in [-0.4, -0.2) is 11.0 Å². The third-order valence-electron chi connectivity index (χ3n) is 6.91. The summed E-state index contributed by atoms with van der Waals surface area (Å²) < 4.78 is 34.7. The van der Waals surface area contributed by atoms with Gasteiger partial charge in [0.1, 0.15) is 34.5 Å². The maximum Gasteiger partial charge on any atom is 0.261 e. The molecule has 202 valence electrons. The average Bonchev–Trinajstić information content (AvgIpc) is 3.47. The summed E-state index contributed by atoms with van der Waals surface area (Å²) in [5.74, 6) is -0.638. The normalized spacial score (nSPS) is 14.1. The van der Waals surface area contributed by atoms with Crippen LogP contribution >= 0.6 is 0 Å². The largest absolute Gasteiger partial charge is 0.464 e. The van der Waals surface area contributed by atoms with Gasteiger partial charge in [-0.2, -0.15) is 0 Å². The Balaban J connectivity index is 1.51. The van der Waals surface area contributed by atoms with Crippen LogP contribution in [0.4, 0.5) is 31.5 Å². The van der Waals surface area contributed by atoms with Gasteiger partial charge in [0.2, 0.25) is 0 Å². The number of anilines is 4. The molecule has 8 nitrogen and oxygen atoms in total. The summed E-state index contributed by atoms with van der Waals surface area (Å²) in [4.78, 5) is 39.9. The van der Waals surface area contributed by atoms with Gasteiger partial charge < -0.3 is 25.1 Å². The van der Waals surface area contributed by atoms with E-state index < -0.39 is 46.5 Å². The molecule has 1 atom stereocenters. The summed E-state index contributed by atoms with van der Waals surface area (Å²) in [6.45, 7) is 7.01. The molecule has 0 aliphatic carbocycles. The van der Waals surface area contributed by atoms with Gasteiger partial charge in [-0.1, -0.05) is 26.8 Å². The van der Waals surface area contributed by atoms with Crippen molar-refractivity contribution >= 4 is 28.7 Å². The van der Waals surface area contributed by atoms with E-state index in [2.05, 4.69) is 10.6 Å². The molecular weight excluding hydrogens is 508 g/mol. The maximum absolute atomic E-state index is 14.9. The van der Waals surface area contributed by atoms with E-state index in [0.29, 0.717) is 17.1 Å². The molecule has 0 fully saturated rings. The summed E-state index contributed by atoms with van der Waals surface area (Å²) in [6.07, 6.45) is 0. The standard InChI is InChI=1S/C29H27F2N3O5/c1-14-5-10-21(39-14)27(29(2,3)4)33-24-23(25(36)26(24)37)32-19-9-8-18(31)17-12-34(28(38)22(17)19)20-11-16(30)7-6-15(20)13-35/h5-11,27,32-33,35H,12-13H2,1-4H3/t27-/m0/s1. The second-order valence-corrected chi connectivity index (χ2v) is 10.7. The smallest absolute Gasteiger partial charge is 0.261 e. The summed E-state index contributed by atoms with van der Waals surface area (Å²) >= 11 is 0. The van der Waals surface area contributed by atoms with E-state index in [9.17, 15) is 28.3 Å². The van der Waals surface area contributed by atoms with E-state index in [0.717, 1.165) is 18.2 Å². The number of hydrogen-bond donors (Lipinski definition) is 3. The number of halogens is 2. The number of benzene rings is 2. The molecule has 5 rings (SSSR count). The molecule has 1 aliphatic rings. The fourth-order valence-electron chi connectivity index (χ4n) is 4.86. The highest BCUT2D eigenvalue weighted by atomic mass is 19.1. The number of aliphatic hydroxyl groups excluding tert-OH is 1. The van der Waals surface area contributed by atoms with Crippen LogP contribution in [0.2, 0.25) is 0 Å². The van der Waals surface area contributed by atoms with Crippen LogP contribution in [0, 0.1) is 24.0 Å². The number of hydrogen-bond acceptors (Lipinski definition) is 7. The first-order valence-electron chi connectivity index (χ1n) is 12.4. The van der Waals surface area contributed by atoms with Gasteiger partial charge in [-0.05, 0) is 48.7 Å². The molecule has 0 radical (unpaired) electrons. The fourth-order valence-corrected chi connectivity index (χ4v) is 4.86. The van der Waals surface area contributed by atoms with Crippen LogP contribution in [-0.2, 0) is 13.2 Å². The molecule has 39 heavy (non-hydrogen) atoms. The molecule has 3 aromatic carbocycles. The number of nitrogens with one attached hydrogen (secondary N) is 2. The Bertz CT molecular complexity index is 1680. The van der Waals surface area contributed by atoms with E-state index in [-0.39, 0.29) is 40.4 Å². The Morgan fingerprint density at radius 1 is 1.03 bits per heavy atom. The van der Waals surface area contributed by atoms with Crippen LogP contribution in [0.15, 0.2) is 56.5 Å². The second-order valence-electron chi connectivity index (χ2n) is 10.7. The van der Waals surface area contributed by atoms with Crippen LogP contribution < -0.4 is 26.4 Å². The first-order valence-corrected chi connectivity index (χ1v) is 12.4. The number of fused-ring (bicyclic) bond motifs is 1. The van der Waals surface area contributed by atoms with Crippen molar-refractivity contribution in [2.24, 2.45) is 5.41 Å². The predicted molar refractivity (Wildman–Crippen MR) is 143 cm³/mol. The van der Waals surface area contributed by atoms with E-state index >= 15 is 0 Å². The molecule has 0 unspecified atom stereocenters. The summed E-state index contributed by atoms with van der Waals surface area (Å²) in [5.41, 5.74) is -1.42. The lowest BCUT2D eigenvalue weighted by molar-refractivity contribution is 0.0997. The molecular formula is C29H27F2N3O5. The Labute approximate surface area is 222 Å². The van der Waals surface area contributed by atoms with Crippen molar-refractivity contribution < 1.29 is 23.1 Å². The molecule has 2 heterocycles. The van der Waals surface area contributed by atoms with E-state index in [1.54, 1.807) is 19.1 Å². The molecule has 1 aromatic heterocycles. The molecule has 1 amide bonds. The lowest BCUT2D eigenvalue weighted by Gasteiger charge is -2.31. The summed E-state index contributed by atoms with van der Waals surface area (Å²) in [6, 6.07) is 9.21. The minimum absolute atomic E-state index is 0.0297. The quantitative estimate of drug-likeness (QED) is 0.284. The fraction of sp³-hybridized carbons (Fsp3) is 0.276. The molecule has 3 N–H and O–H groups in total. The topological polar surface area (TPSA) is 112 Å². The van der Waals surface area contributed by atoms with Gasteiger partial charge in [-0.15, -0.1) is 0 Å². The highest BCUT2D eigenvalue weighted by Gasteiger charge is 2.37. The number of carbonyl (C=O) groups excluding carboxylic acids is 1. The summed E-state index contributed by atoms with van der Waals surface area (Å²) in [5, 5.41) is 15.7. The van der Waals surface area contributed by atoms with E-state index in [1.165, 1.54) is 17.0 Å². The Hall–Kier alpha value is -4.31. The number of furan rings is 1. The van der Waals surface area contributed by atoms with Crippen LogP contribution in [0.5, 0.6) is 0 Å². The van der Waals surface area contributed by atoms with Gasteiger partial charge in [-0.25, -0.2) is 8.78 Å². The zero-order chi connectivity index (χ0) is 28.2. The van der Waals surface area contributed by atoms with Crippen molar-refractivity contribution in [3.63, 3.8) is 0 Å². The number of rotatable bonds is 7. The highest BCUT2D eigenvalue weighted by molar-refractivity contribution is 6.14. The number of aryl methyl sites for hydroxylation is 1. The van der Waals surface area contributed by atoms with Gasteiger partial charge in [-0.3, -0.25) is 14.4 Å². The van der Waals surface area contributed by atoms with Gasteiger partial charge in [0.05, 0.1) is 36.1 Å². The molecule has 0 bridgehead atoms. The number of carbonyl (C=O) groups is 1. The van der Waals surface area contributed by atoms with Gasteiger partial charge in [0.15, 0.2) is 0 Å². The van der Waals surface area contributed by atoms with Crippen molar-refractivity contribution in [2.75, 3.05) is 15.5 Å². The molecule has 10 heteroatoms. The molecule has 0 saturated carbocycles. The zero-order valence-corrected chi connectivity index (χ0v) is 21.8. The van der Waals surface area contributed by atoms with Crippen molar-refractivity contribution in [1.29, 1.82) is 0 Å². The number of nitrogens with zero attached hydrogens (tertiary/aromatic N) is 1. The molecule has 0 spiro atoms. The second kappa shape index (κ2) is 9.46. The van der Waals surface area contributed by atoms with Gasteiger partial charge in [0, 0.05) is 11.1 Å². The predicted octanol–water partition coefficient (Wildman–Crippen LogP) is 5.06. The zero-order valence-electron chi connectivity index (χ0n) is 21.8. The van der Waals surface area contributed by atoms with Crippen molar-refractivity contribution in [1.82, 2.24) is 0 Å². The summed E-state index contributed by atoms with van der Waals surface area (Å²) in [7, 11) is 0. The lowest BCUT2D eigenvalue weighted by atomic mass is 9.85. The van der Waals surface area contributed by atoms with E-state index in [1.807, 2.05) is 20.8 Å². The SMILES string of the molecule is Cc1ccc([C@H](Nc2c(Nc3ccc(F)c4c3C(=O)N(c3cc(F)ccc3CO)C4)c(=O)c2=O)C(C)(C)C)o1. The monoisotopic (exact) mass is 535 g/mol.